The molecule has 0 radical (unpaired) electrons. The molecule has 9 heteroatoms. The quantitative estimate of drug-likeness (QED) is 0.481. The third-order valence-corrected chi connectivity index (χ3v) is 5.77. The summed E-state index contributed by atoms with van der Waals surface area (Å²) in [6.07, 6.45) is 2.03. The van der Waals surface area contributed by atoms with Crippen LogP contribution >= 0.6 is 0 Å². The highest BCUT2D eigenvalue weighted by atomic mass is 16.6. The van der Waals surface area contributed by atoms with Crippen LogP contribution in [-0.4, -0.2) is 49.5 Å². The molecule has 2 aliphatic heterocycles. The van der Waals surface area contributed by atoms with Gasteiger partial charge in [0.1, 0.15) is 30.8 Å². The van der Waals surface area contributed by atoms with Crippen molar-refractivity contribution in [2.24, 2.45) is 5.10 Å². The van der Waals surface area contributed by atoms with Gasteiger partial charge >= 0.3 is 5.97 Å². The Balaban J connectivity index is 1.25. The lowest BCUT2D eigenvalue weighted by molar-refractivity contribution is -0.152. The zero-order chi connectivity index (χ0) is 24.2. The van der Waals surface area contributed by atoms with Gasteiger partial charge in [-0.15, -0.1) is 0 Å². The minimum Gasteiger partial charge on any atom is -0.497 e. The van der Waals surface area contributed by atoms with Gasteiger partial charge in [0, 0.05) is 6.42 Å². The number of nitrogens with zero attached hydrogens (tertiary/aromatic N) is 2. The average Bonchev–Trinajstić information content (AvgIpc) is 3.58. The third kappa shape index (κ3) is 4.98. The number of esters is 1. The largest absolute Gasteiger partial charge is 0.497 e. The number of hydrogen-bond acceptors (Lipinski definition) is 8. The van der Waals surface area contributed by atoms with E-state index < -0.39 is 24.5 Å². The minimum absolute atomic E-state index is 0.00585. The number of methoxy groups -OCH3 is 1. The van der Waals surface area contributed by atoms with E-state index in [0.717, 1.165) is 17.0 Å². The molecule has 3 heterocycles. The molecule has 3 aromatic rings. The Morgan fingerprint density at radius 3 is 2.60 bits per heavy atom. The Morgan fingerprint density at radius 2 is 1.86 bits per heavy atom. The smallest absolute Gasteiger partial charge is 0.310 e. The van der Waals surface area contributed by atoms with Crippen LogP contribution in [0.4, 0.5) is 0 Å². The van der Waals surface area contributed by atoms with E-state index in [-0.39, 0.29) is 6.42 Å². The van der Waals surface area contributed by atoms with Crippen LogP contribution < -0.4 is 14.2 Å². The number of benzene rings is 2. The number of rotatable bonds is 7. The van der Waals surface area contributed by atoms with Crippen molar-refractivity contribution in [2.45, 2.75) is 18.9 Å². The Labute approximate surface area is 201 Å². The van der Waals surface area contributed by atoms with Gasteiger partial charge in [0.15, 0.2) is 18.1 Å². The predicted octanol–water partition coefficient (Wildman–Crippen LogP) is 3.52. The summed E-state index contributed by atoms with van der Waals surface area (Å²) >= 11 is 0. The zero-order valence-electron chi connectivity index (χ0n) is 19.1. The zero-order valence-corrected chi connectivity index (χ0v) is 19.1. The van der Waals surface area contributed by atoms with E-state index in [2.05, 4.69) is 5.10 Å². The number of hydrogen-bond donors (Lipinski definition) is 0. The molecule has 1 amide bonds. The van der Waals surface area contributed by atoms with Crippen LogP contribution in [0, 0.1) is 0 Å². The molecule has 0 fully saturated rings. The molecule has 0 spiro atoms. The Bertz CT molecular complexity index is 1240. The summed E-state index contributed by atoms with van der Waals surface area (Å²) in [6.45, 7) is 0.524. The molecule has 35 heavy (non-hydrogen) atoms. The maximum absolute atomic E-state index is 13.0. The first-order chi connectivity index (χ1) is 17.1. The lowest BCUT2D eigenvalue weighted by Crippen LogP contribution is -2.31. The molecular formula is C26H24N2O7. The first-order valence-corrected chi connectivity index (χ1v) is 11.2. The van der Waals surface area contributed by atoms with Gasteiger partial charge in [-0.1, -0.05) is 6.07 Å². The molecule has 1 atom stereocenters. The van der Waals surface area contributed by atoms with Gasteiger partial charge in [0.2, 0.25) is 0 Å². The summed E-state index contributed by atoms with van der Waals surface area (Å²) in [5, 5.41) is 5.87. The van der Waals surface area contributed by atoms with E-state index in [1.165, 1.54) is 5.01 Å². The summed E-state index contributed by atoms with van der Waals surface area (Å²) in [7, 11) is 1.60. The number of furan rings is 1. The number of fused-ring (bicyclic) bond motifs is 1. The van der Waals surface area contributed by atoms with E-state index in [9.17, 15) is 9.59 Å². The lowest BCUT2D eigenvalue weighted by Gasteiger charge is -2.20. The van der Waals surface area contributed by atoms with Crippen molar-refractivity contribution in [3.05, 3.63) is 77.7 Å². The standard InChI is InChI=1S/C26H24N2O7/c1-31-19-7-5-18(6-8-19)20-15-21(22-3-2-10-32-22)28(27-20)25(29)16-35-26(30)14-17-4-9-23-24(13-17)34-12-11-33-23/h2-10,13,21H,11-12,14-16H2,1H3/t21-/m0/s1. The van der Waals surface area contributed by atoms with Crippen LogP contribution in [-0.2, 0) is 20.7 Å². The highest BCUT2D eigenvalue weighted by Crippen LogP contribution is 2.34. The maximum Gasteiger partial charge on any atom is 0.310 e. The van der Waals surface area contributed by atoms with Gasteiger partial charge in [-0.05, 0) is 59.7 Å². The van der Waals surface area contributed by atoms with E-state index in [4.69, 9.17) is 23.4 Å². The van der Waals surface area contributed by atoms with Crippen molar-refractivity contribution < 1.29 is 33.0 Å². The summed E-state index contributed by atoms with van der Waals surface area (Å²) in [5.41, 5.74) is 2.31. The number of carbonyl (C=O) groups excluding carboxylic acids is 2. The molecule has 1 aromatic heterocycles. The van der Waals surface area contributed by atoms with E-state index in [1.54, 1.807) is 43.7 Å². The normalized spacial score (nSPS) is 16.5. The molecule has 5 rings (SSSR count). The highest BCUT2D eigenvalue weighted by Gasteiger charge is 2.35. The first kappa shape index (κ1) is 22.5. The van der Waals surface area contributed by atoms with Crippen molar-refractivity contribution in [1.82, 2.24) is 5.01 Å². The summed E-state index contributed by atoms with van der Waals surface area (Å²) in [5.74, 6) is 1.61. The van der Waals surface area contributed by atoms with Crippen LogP contribution in [0.2, 0.25) is 0 Å². The molecule has 0 N–H and O–H groups in total. The van der Waals surface area contributed by atoms with Gasteiger partial charge in [-0.2, -0.15) is 5.10 Å². The average molecular weight is 476 g/mol. The van der Waals surface area contributed by atoms with Crippen LogP contribution in [0.5, 0.6) is 17.2 Å². The molecule has 2 aliphatic rings. The van der Waals surface area contributed by atoms with Gasteiger partial charge in [-0.3, -0.25) is 9.59 Å². The summed E-state index contributed by atoms with van der Waals surface area (Å²) in [4.78, 5) is 25.4. The van der Waals surface area contributed by atoms with Crippen molar-refractivity contribution in [3.8, 4) is 17.2 Å². The van der Waals surface area contributed by atoms with Gasteiger partial charge in [-0.25, -0.2) is 5.01 Å². The molecule has 0 unspecified atom stereocenters. The molecule has 0 saturated carbocycles. The molecular weight excluding hydrogens is 452 g/mol. The topological polar surface area (TPSA) is 99.8 Å². The summed E-state index contributed by atoms with van der Waals surface area (Å²) in [6, 6.07) is 15.9. The monoisotopic (exact) mass is 476 g/mol. The molecule has 180 valence electrons. The first-order valence-electron chi connectivity index (χ1n) is 11.2. The lowest BCUT2D eigenvalue weighted by atomic mass is 10.0. The Morgan fingerprint density at radius 1 is 1.06 bits per heavy atom. The minimum atomic E-state index is -0.525. The fourth-order valence-corrected chi connectivity index (χ4v) is 4.02. The SMILES string of the molecule is COc1ccc(C2=NN(C(=O)COC(=O)Cc3ccc4c(c3)OCCO4)[C@H](c3ccco3)C2)cc1. The second-order valence-electron chi connectivity index (χ2n) is 8.06. The predicted molar refractivity (Wildman–Crippen MR) is 125 cm³/mol. The van der Waals surface area contributed by atoms with Crippen LogP contribution in [0.3, 0.4) is 0 Å². The van der Waals surface area contributed by atoms with E-state index in [1.807, 2.05) is 24.3 Å². The molecule has 2 aromatic carbocycles. The van der Waals surface area contributed by atoms with Gasteiger partial charge < -0.3 is 23.4 Å². The van der Waals surface area contributed by atoms with Gasteiger partial charge in [0.25, 0.3) is 5.91 Å². The van der Waals surface area contributed by atoms with Crippen molar-refractivity contribution >= 4 is 17.6 Å². The van der Waals surface area contributed by atoms with E-state index in [0.29, 0.717) is 42.5 Å². The molecule has 0 aliphatic carbocycles. The number of ether oxygens (including phenoxy) is 4. The Kier molecular flexibility index (Phi) is 6.38. The Hall–Kier alpha value is -4.27. The van der Waals surface area contributed by atoms with Crippen molar-refractivity contribution in [1.29, 1.82) is 0 Å². The van der Waals surface area contributed by atoms with E-state index >= 15 is 0 Å². The molecule has 9 nitrogen and oxygen atoms in total. The number of carbonyl (C=O) groups is 2. The van der Waals surface area contributed by atoms with Crippen LogP contribution in [0.25, 0.3) is 0 Å². The molecule has 0 bridgehead atoms. The second-order valence-corrected chi connectivity index (χ2v) is 8.06. The number of amides is 1. The van der Waals surface area contributed by atoms with Gasteiger partial charge in [0.05, 0.1) is 25.5 Å². The van der Waals surface area contributed by atoms with Crippen LogP contribution in [0.1, 0.15) is 29.3 Å². The van der Waals surface area contributed by atoms with Crippen molar-refractivity contribution in [2.75, 3.05) is 26.9 Å². The highest BCUT2D eigenvalue weighted by molar-refractivity contribution is 6.03. The fourth-order valence-electron chi connectivity index (χ4n) is 4.02. The van der Waals surface area contributed by atoms with Crippen LogP contribution in [0.15, 0.2) is 70.4 Å². The maximum atomic E-state index is 13.0. The fraction of sp³-hybridized carbons (Fsp3) is 0.269. The molecule has 0 saturated heterocycles. The summed E-state index contributed by atoms with van der Waals surface area (Å²) < 4.78 is 27.1. The third-order valence-electron chi connectivity index (χ3n) is 5.77. The number of hydrazone groups is 1. The second kappa shape index (κ2) is 9.92. The van der Waals surface area contributed by atoms with Crippen molar-refractivity contribution in [3.63, 3.8) is 0 Å².